The molecule has 0 saturated carbocycles. The number of rotatable bonds is 0. The summed E-state index contributed by atoms with van der Waals surface area (Å²) < 4.78 is 8.55. The summed E-state index contributed by atoms with van der Waals surface area (Å²) in [4.78, 5) is 25.6. The van der Waals surface area contributed by atoms with Gasteiger partial charge in [0, 0.05) is 37.7 Å². The second kappa shape index (κ2) is 16.7. The first-order valence-corrected chi connectivity index (χ1v) is 2.19. The van der Waals surface area contributed by atoms with E-state index in [4.69, 9.17) is 19.2 Å². The molecule has 40 valence electrons. The minimum atomic E-state index is -5.39. The van der Waals surface area contributed by atoms with Crippen LogP contribution in [0, 0.1) is 37.7 Å². The molecule has 0 amide bonds. The zero-order valence-corrected chi connectivity index (χ0v) is 16.4. The van der Waals surface area contributed by atoms with E-state index in [1.54, 1.807) is 0 Å². The fourth-order valence-electron chi connectivity index (χ4n) is 0. The first-order chi connectivity index (χ1) is 2.00. The Labute approximate surface area is 211 Å². The van der Waals surface area contributed by atoms with Crippen molar-refractivity contribution in [3.63, 3.8) is 0 Å². The van der Waals surface area contributed by atoms with Gasteiger partial charge in [-0.15, -0.1) is 0 Å². The number of phosphoric acid groups is 1. The van der Waals surface area contributed by atoms with E-state index in [1.165, 1.54) is 0 Å². The minimum Gasteiger partial charge on any atom is -0.822 e. The summed E-state index contributed by atoms with van der Waals surface area (Å²) in [5, 5.41) is 0. The van der Waals surface area contributed by atoms with Crippen molar-refractivity contribution in [3.05, 3.63) is 0 Å². The van der Waals surface area contributed by atoms with Crippen LogP contribution in [0.1, 0.15) is 0 Å². The fraction of sp³-hybridized carbons (Fsp3) is 0. The molecule has 0 bridgehead atoms. The van der Waals surface area contributed by atoms with E-state index in [0.717, 1.165) is 0 Å². The van der Waals surface area contributed by atoms with Gasteiger partial charge in [-0.05, 0) is 0 Å². The van der Waals surface area contributed by atoms with Crippen LogP contribution >= 0.6 is 7.82 Å². The molecule has 0 rings (SSSR count). The Kier molecular flexibility index (Phi) is 54.7. The van der Waals surface area contributed by atoms with Crippen LogP contribution < -0.4 is 169 Å². The van der Waals surface area contributed by atoms with E-state index in [0.29, 0.717) is 0 Å². The van der Waals surface area contributed by atoms with Crippen LogP contribution in [0.25, 0.3) is 0 Å². The van der Waals surface area contributed by atoms with E-state index in [2.05, 4.69) is 0 Å². The van der Waals surface area contributed by atoms with Crippen LogP contribution in [0.4, 0.5) is 0 Å². The van der Waals surface area contributed by atoms with Gasteiger partial charge >= 0.3 is 154 Å². The zero-order chi connectivity index (χ0) is 4.50. The van der Waals surface area contributed by atoms with Crippen molar-refractivity contribution in [2.75, 3.05) is 0 Å². The minimum absolute atomic E-state index is 0. The van der Waals surface area contributed by atoms with Crippen molar-refractivity contribution in [2.45, 2.75) is 0 Å². The first-order valence-electron chi connectivity index (χ1n) is 0.730. The van der Waals surface area contributed by atoms with Crippen molar-refractivity contribution in [1.29, 1.82) is 0 Å². The first kappa shape index (κ1) is 29.5. The molecule has 0 atom stereocenters. The van der Waals surface area contributed by atoms with E-state index >= 15 is 0 Å². The molecule has 0 aliphatic rings. The molecule has 0 heterocycles. The number of hydrogen-bond acceptors (Lipinski definition) is 4. The van der Waals surface area contributed by atoms with Crippen LogP contribution in [0.5, 0.6) is 0 Å². The van der Waals surface area contributed by atoms with Gasteiger partial charge in [-0.1, -0.05) is 0 Å². The molecule has 9 heavy (non-hydrogen) atoms. The van der Waals surface area contributed by atoms with Crippen LogP contribution in [-0.4, -0.2) is 0 Å². The molecule has 0 aromatic rings. The van der Waals surface area contributed by atoms with Gasteiger partial charge in [0.05, 0.1) is 0 Å². The molecular weight excluding hydrogens is 252 g/mol. The smallest absolute Gasteiger partial charge is 0.822 e. The van der Waals surface area contributed by atoms with Crippen molar-refractivity contribution in [2.24, 2.45) is 0 Å². The maximum Gasteiger partial charge on any atom is 1.00 e. The van der Waals surface area contributed by atoms with E-state index < -0.39 is 7.82 Å². The molecule has 0 saturated heterocycles. The van der Waals surface area contributed by atoms with Gasteiger partial charge in [-0.2, -0.15) is 7.82 Å². The molecule has 0 unspecified atom stereocenters. The van der Waals surface area contributed by atoms with Crippen LogP contribution in [0.15, 0.2) is 0 Å². The SMILES string of the molecule is O=P([O-])([O-])[O-].[Ar].[K+].[K+].[K+]. The Morgan fingerprint density at radius 2 is 0.889 bits per heavy atom. The van der Waals surface area contributed by atoms with Gasteiger partial charge in [0.25, 0.3) is 0 Å². The summed E-state index contributed by atoms with van der Waals surface area (Å²) in [6, 6.07) is 0. The van der Waals surface area contributed by atoms with Crippen molar-refractivity contribution in [3.8, 4) is 0 Å². The second-order valence-electron chi connectivity index (χ2n) is 0.447. The predicted octanol–water partition coefficient (Wildman–Crippen LogP) is -11.8. The molecule has 0 aromatic heterocycles. The van der Waals surface area contributed by atoms with E-state index in [1.807, 2.05) is 0 Å². The third-order valence-electron chi connectivity index (χ3n) is 0. The van der Waals surface area contributed by atoms with Crippen molar-refractivity contribution < 1.29 is 211 Å². The molecule has 0 aliphatic heterocycles. The average molecular weight is 252 g/mol. The molecule has 0 spiro atoms. The summed E-state index contributed by atoms with van der Waals surface area (Å²) in [6.07, 6.45) is 0. The maximum absolute atomic E-state index is 8.55. The second-order valence-corrected chi connectivity index (χ2v) is 1.34. The summed E-state index contributed by atoms with van der Waals surface area (Å²) >= 11 is 0. The maximum atomic E-state index is 8.55. The Bertz CT molecular complexity index is 61.9. The van der Waals surface area contributed by atoms with Gasteiger partial charge < -0.3 is 19.2 Å². The molecular formula is ArK3O4P. The van der Waals surface area contributed by atoms with Crippen molar-refractivity contribution >= 4 is 7.82 Å². The number of hydrogen-bond donors (Lipinski definition) is 0. The molecule has 9 heteroatoms. The topological polar surface area (TPSA) is 86.2 Å². The van der Waals surface area contributed by atoms with Gasteiger partial charge in [-0.3, -0.25) is 0 Å². The fourth-order valence-corrected chi connectivity index (χ4v) is 0. The zero-order valence-electron chi connectivity index (χ0n) is 5.43. The van der Waals surface area contributed by atoms with Gasteiger partial charge in [-0.25, -0.2) is 0 Å². The van der Waals surface area contributed by atoms with Crippen molar-refractivity contribution in [1.82, 2.24) is 0 Å². The van der Waals surface area contributed by atoms with Gasteiger partial charge in [0.1, 0.15) is 0 Å². The van der Waals surface area contributed by atoms with Crippen LogP contribution in [-0.2, 0) is 4.57 Å². The average Bonchev–Trinajstić information content (AvgIpc) is 0.722. The molecule has 4 nitrogen and oxygen atoms in total. The summed E-state index contributed by atoms with van der Waals surface area (Å²) in [5.41, 5.74) is 0. The van der Waals surface area contributed by atoms with E-state index in [9.17, 15) is 0 Å². The van der Waals surface area contributed by atoms with E-state index in [-0.39, 0.29) is 192 Å². The molecule has 0 fully saturated rings. The Hall–Kier alpha value is 6.28. The quantitative estimate of drug-likeness (QED) is 0.316. The Balaban J connectivity index is -0.0000000133. The standard InChI is InChI=1S/Ar.3K.H3O4P/c;;;;1-5(2,3)4/h;;;;(H3,1,2,3,4)/q;3*+1;/p-3. The molecule has 0 aliphatic carbocycles. The van der Waals surface area contributed by atoms with Crippen LogP contribution in [0.2, 0.25) is 0 Å². The summed E-state index contributed by atoms with van der Waals surface area (Å²) in [5.74, 6) is 0. The third-order valence-corrected chi connectivity index (χ3v) is 0. The van der Waals surface area contributed by atoms with Gasteiger partial charge in [0.2, 0.25) is 0 Å². The Morgan fingerprint density at radius 1 is 0.889 bits per heavy atom. The summed E-state index contributed by atoms with van der Waals surface area (Å²) in [6.45, 7) is 0. The molecule has 0 radical (unpaired) electrons. The monoisotopic (exact) mass is 252 g/mol. The largest absolute Gasteiger partial charge is 1.00 e. The van der Waals surface area contributed by atoms with Crippen LogP contribution in [0.3, 0.4) is 0 Å². The summed E-state index contributed by atoms with van der Waals surface area (Å²) in [7, 11) is -5.39. The Morgan fingerprint density at radius 3 is 0.889 bits per heavy atom. The molecule has 0 aromatic carbocycles. The predicted molar refractivity (Wildman–Crippen MR) is 7.61 cm³/mol. The van der Waals surface area contributed by atoms with Gasteiger partial charge in [0.15, 0.2) is 0 Å². The third kappa shape index (κ3) is 54.6. The molecule has 0 N–H and O–H groups in total. The normalized spacial score (nSPS) is 6.56.